The molecule has 0 aliphatic rings. The number of rotatable bonds is 6. The average molecular weight is 333 g/mol. The van der Waals surface area contributed by atoms with Crippen molar-refractivity contribution in [3.05, 3.63) is 45.8 Å². The number of hydrogen-bond acceptors (Lipinski definition) is 6. The molecule has 2 aromatic heterocycles. The first-order chi connectivity index (χ1) is 11.0. The number of carbonyl (C=O) groups excluding carboxylic acids is 1. The first-order valence-corrected chi connectivity index (χ1v) is 8.18. The van der Waals surface area contributed by atoms with Gasteiger partial charge in [0.2, 0.25) is 5.91 Å². The van der Waals surface area contributed by atoms with E-state index in [-0.39, 0.29) is 17.2 Å². The summed E-state index contributed by atoms with van der Waals surface area (Å²) in [5.74, 6) is 0.153. The van der Waals surface area contributed by atoms with Gasteiger partial charge in [0.15, 0.2) is 0 Å². The van der Waals surface area contributed by atoms with Crippen molar-refractivity contribution in [2.24, 2.45) is 0 Å². The number of hydrogen-bond donors (Lipinski definition) is 1. The molecule has 0 aromatic carbocycles. The van der Waals surface area contributed by atoms with Crippen molar-refractivity contribution >= 4 is 17.7 Å². The van der Waals surface area contributed by atoms with Gasteiger partial charge in [-0.2, -0.15) is 5.10 Å². The lowest BCUT2D eigenvalue weighted by atomic mass is 10.3. The molecule has 2 rings (SSSR count). The van der Waals surface area contributed by atoms with Gasteiger partial charge in [-0.05, 0) is 32.9 Å². The summed E-state index contributed by atoms with van der Waals surface area (Å²) in [5, 5.41) is 11.4. The van der Waals surface area contributed by atoms with Crippen LogP contribution in [0.15, 0.2) is 28.3 Å². The SMILES string of the molecule is Cc1ccc(SCC(=O)NCCn2cnc(C)c(C)c2=O)nn1. The fourth-order valence-electron chi connectivity index (χ4n) is 1.80. The van der Waals surface area contributed by atoms with Crippen LogP contribution < -0.4 is 10.9 Å². The minimum Gasteiger partial charge on any atom is -0.354 e. The molecule has 0 saturated carbocycles. The maximum Gasteiger partial charge on any atom is 0.256 e. The number of carbonyl (C=O) groups is 1. The Bertz CT molecular complexity index is 743. The van der Waals surface area contributed by atoms with Crippen LogP contribution in [0.4, 0.5) is 0 Å². The van der Waals surface area contributed by atoms with Gasteiger partial charge in [0, 0.05) is 24.3 Å². The highest BCUT2D eigenvalue weighted by Gasteiger charge is 2.06. The Morgan fingerprint density at radius 1 is 1.26 bits per heavy atom. The number of aryl methyl sites for hydroxylation is 2. The molecule has 0 unspecified atom stereocenters. The molecule has 122 valence electrons. The van der Waals surface area contributed by atoms with Crippen LogP contribution in [-0.4, -0.2) is 38.0 Å². The first-order valence-electron chi connectivity index (χ1n) is 7.20. The molecule has 1 N–H and O–H groups in total. The summed E-state index contributed by atoms with van der Waals surface area (Å²) in [6, 6.07) is 3.69. The molecular weight excluding hydrogens is 314 g/mol. The van der Waals surface area contributed by atoms with Gasteiger partial charge in [-0.3, -0.25) is 14.2 Å². The van der Waals surface area contributed by atoms with E-state index in [0.717, 1.165) is 11.4 Å². The Hall–Kier alpha value is -2.22. The maximum absolute atomic E-state index is 12.0. The van der Waals surface area contributed by atoms with Crippen LogP contribution in [0.1, 0.15) is 17.0 Å². The third kappa shape index (κ3) is 4.88. The molecule has 2 aromatic rings. The van der Waals surface area contributed by atoms with Gasteiger partial charge in [-0.25, -0.2) is 4.98 Å². The maximum atomic E-state index is 12.0. The normalized spacial score (nSPS) is 10.6. The third-order valence-corrected chi connectivity index (χ3v) is 4.23. The predicted molar refractivity (Wildman–Crippen MR) is 88.5 cm³/mol. The number of amides is 1. The van der Waals surface area contributed by atoms with E-state index < -0.39 is 0 Å². The molecule has 23 heavy (non-hydrogen) atoms. The van der Waals surface area contributed by atoms with Crippen molar-refractivity contribution in [2.45, 2.75) is 32.3 Å². The molecule has 8 heteroatoms. The second kappa shape index (κ2) is 7.87. The number of thioether (sulfide) groups is 1. The summed E-state index contributed by atoms with van der Waals surface area (Å²) < 4.78 is 1.50. The molecule has 0 bridgehead atoms. The highest BCUT2D eigenvalue weighted by molar-refractivity contribution is 7.99. The van der Waals surface area contributed by atoms with Gasteiger partial charge in [-0.15, -0.1) is 5.10 Å². The van der Waals surface area contributed by atoms with E-state index in [9.17, 15) is 9.59 Å². The number of nitrogens with zero attached hydrogens (tertiary/aromatic N) is 4. The van der Waals surface area contributed by atoms with E-state index in [2.05, 4.69) is 20.5 Å². The minimum atomic E-state index is -0.109. The van der Waals surface area contributed by atoms with Crippen LogP contribution in [0.25, 0.3) is 0 Å². The monoisotopic (exact) mass is 333 g/mol. The van der Waals surface area contributed by atoms with E-state index in [1.54, 1.807) is 13.8 Å². The van der Waals surface area contributed by atoms with Crippen molar-refractivity contribution in [1.29, 1.82) is 0 Å². The zero-order valence-electron chi connectivity index (χ0n) is 13.4. The van der Waals surface area contributed by atoms with E-state index in [1.807, 2.05) is 19.1 Å². The average Bonchev–Trinajstić information content (AvgIpc) is 2.54. The zero-order valence-corrected chi connectivity index (χ0v) is 14.2. The highest BCUT2D eigenvalue weighted by Crippen LogP contribution is 2.13. The summed E-state index contributed by atoms with van der Waals surface area (Å²) in [6.45, 7) is 6.18. The van der Waals surface area contributed by atoms with Crippen LogP contribution in [0.5, 0.6) is 0 Å². The lowest BCUT2D eigenvalue weighted by Crippen LogP contribution is -2.32. The van der Waals surface area contributed by atoms with E-state index in [4.69, 9.17) is 0 Å². The molecule has 0 aliphatic carbocycles. The Balaban J connectivity index is 1.78. The predicted octanol–water partition coefficient (Wildman–Crippen LogP) is 0.867. The molecule has 0 aliphatic heterocycles. The van der Waals surface area contributed by atoms with Crippen LogP contribution in [0.3, 0.4) is 0 Å². The smallest absolute Gasteiger partial charge is 0.256 e. The fourth-order valence-corrected chi connectivity index (χ4v) is 2.45. The van der Waals surface area contributed by atoms with Crippen molar-refractivity contribution in [1.82, 2.24) is 25.1 Å². The topological polar surface area (TPSA) is 89.8 Å². The van der Waals surface area contributed by atoms with Crippen LogP contribution in [-0.2, 0) is 11.3 Å². The van der Waals surface area contributed by atoms with Gasteiger partial charge >= 0.3 is 0 Å². The second-order valence-electron chi connectivity index (χ2n) is 5.11. The van der Waals surface area contributed by atoms with Crippen molar-refractivity contribution < 1.29 is 4.79 Å². The Labute approximate surface area is 138 Å². The molecule has 0 radical (unpaired) electrons. The van der Waals surface area contributed by atoms with Gasteiger partial charge in [-0.1, -0.05) is 11.8 Å². The van der Waals surface area contributed by atoms with Crippen molar-refractivity contribution in [3.63, 3.8) is 0 Å². The Kier molecular flexibility index (Phi) is 5.86. The van der Waals surface area contributed by atoms with E-state index in [1.165, 1.54) is 22.7 Å². The van der Waals surface area contributed by atoms with Gasteiger partial charge < -0.3 is 5.32 Å². The molecular formula is C15H19N5O2S. The first kappa shape index (κ1) is 17.1. The lowest BCUT2D eigenvalue weighted by Gasteiger charge is -2.08. The number of nitrogens with one attached hydrogen (secondary N) is 1. The molecule has 0 saturated heterocycles. The van der Waals surface area contributed by atoms with E-state index in [0.29, 0.717) is 23.7 Å². The lowest BCUT2D eigenvalue weighted by molar-refractivity contribution is -0.118. The zero-order chi connectivity index (χ0) is 16.8. The largest absolute Gasteiger partial charge is 0.354 e. The van der Waals surface area contributed by atoms with Crippen LogP contribution in [0.2, 0.25) is 0 Å². The summed E-state index contributed by atoms with van der Waals surface area (Å²) in [6.07, 6.45) is 1.51. The second-order valence-corrected chi connectivity index (χ2v) is 6.10. The van der Waals surface area contributed by atoms with Crippen LogP contribution >= 0.6 is 11.8 Å². The van der Waals surface area contributed by atoms with E-state index >= 15 is 0 Å². The molecule has 7 nitrogen and oxygen atoms in total. The van der Waals surface area contributed by atoms with Gasteiger partial charge in [0.1, 0.15) is 5.03 Å². The molecule has 1 amide bonds. The van der Waals surface area contributed by atoms with Crippen molar-refractivity contribution in [2.75, 3.05) is 12.3 Å². The molecule has 0 fully saturated rings. The Morgan fingerprint density at radius 3 is 2.74 bits per heavy atom. The fraction of sp³-hybridized carbons (Fsp3) is 0.400. The summed E-state index contributed by atoms with van der Waals surface area (Å²) in [5.41, 5.74) is 2.13. The quantitative estimate of drug-likeness (QED) is 0.789. The summed E-state index contributed by atoms with van der Waals surface area (Å²) in [4.78, 5) is 27.9. The number of aromatic nitrogens is 4. The Morgan fingerprint density at radius 2 is 2.04 bits per heavy atom. The molecule has 0 spiro atoms. The summed E-state index contributed by atoms with van der Waals surface area (Å²) >= 11 is 1.32. The third-order valence-electron chi connectivity index (χ3n) is 3.31. The standard InChI is InChI=1S/C15H19N5O2S/c1-10-4-5-14(19-18-10)23-8-13(21)16-6-7-20-9-17-12(3)11(2)15(20)22/h4-5,9H,6-8H2,1-3H3,(H,16,21). The minimum absolute atomic E-state index is 0.0731. The van der Waals surface area contributed by atoms with Gasteiger partial charge in [0.25, 0.3) is 5.56 Å². The molecule has 2 heterocycles. The van der Waals surface area contributed by atoms with Crippen molar-refractivity contribution in [3.8, 4) is 0 Å². The van der Waals surface area contributed by atoms with Crippen LogP contribution in [0, 0.1) is 20.8 Å². The molecule has 0 atom stereocenters. The van der Waals surface area contributed by atoms with Gasteiger partial charge in [0.05, 0.1) is 17.8 Å². The highest BCUT2D eigenvalue weighted by atomic mass is 32.2. The summed E-state index contributed by atoms with van der Waals surface area (Å²) in [7, 11) is 0.